The lowest BCUT2D eigenvalue weighted by Crippen LogP contribution is -2.06. The van der Waals surface area contributed by atoms with Crippen LogP contribution in [0.3, 0.4) is 0 Å². The predicted molar refractivity (Wildman–Crippen MR) is 93.7 cm³/mol. The third kappa shape index (κ3) is 3.14. The zero-order valence-electron chi connectivity index (χ0n) is 12.9. The number of fused-ring (bicyclic) bond motifs is 1. The van der Waals surface area contributed by atoms with E-state index in [1.807, 2.05) is 18.2 Å². The van der Waals surface area contributed by atoms with Gasteiger partial charge in [0.05, 0.1) is 23.5 Å². The van der Waals surface area contributed by atoms with Gasteiger partial charge in [0.1, 0.15) is 5.65 Å². The Morgan fingerprint density at radius 2 is 2.08 bits per heavy atom. The molecule has 124 valence electrons. The monoisotopic (exact) mass is 354 g/mol. The maximum Gasteiger partial charge on any atom is 0.183 e. The highest BCUT2D eigenvalue weighted by Crippen LogP contribution is 2.28. The van der Waals surface area contributed by atoms with E-state index < -0.39 is 5.82 Å². The average molecular weight is 355 g/mol. The lowest BCUT2D eigenvalue weighted by Gasteiger charge is -2.07. The first-order valence-electron chi connectivity index (χ1n) is 7.50. The molecule has 0 aliphatic carbocycles. The van der Waals surface area contributed by atoms with Gasteiger partial charge in [0.25, 0.3) is 0 Å². The fraction of sp³-hybridized carbons (Fsp3) is 0.0588. The van der Waals surface area contributed by atoms with E-state index in [9.17, 15) is 4.39 Å². The molecule has 0 fully saturated rings. The Kier molecular flexibility index (Phi) is 3.99. The maximum absolute atomic E-state index is 14.0. The number of halogens is 2. The molecular weight excluding hydrogens is 343 g/mol. The Balaban J connectivity index is 1.68. The number of pyridine rings is 2. The number of aromatic nitrogens is 5. The van der Waals surface area contributed by atoms with Crippen molar-refractivity contribution in [1.29, 1.82) is 0 Å². The van der Waals surface area contributed by atoms with Crippen LogP contribution in [0.4, 0.5) is 10.2 Å². The molecule has 0 radical (unpaired) electrons. The van der Waals surface area contributed by atoms with Crippen molar-refractivity contribution in [2.45, 2.75) is 6.54 Å². The van der Waals surface area contributed by atoms with Crippen LogP contribution in [0.1, 0.15) is 5.69 Å². The average Bonchev–Trinajstić information content (AvgIpc) is 3.05. The summed E-state index contributed by atoms with van der Waals surface area (Å²) in [4.78, 5) is 19.8. The molecule has 4 aromatic heterocycles. The molecule has 0 spiro atoms. The highest BCUT2D eigenvalue weighted by molar-refractivity contribution is 6.31. The van der Waals surface area contributed by atoms with Crippen molar-refractivity contribution in [2.24, 2.45) is 0 Å². The molecule has 25 heavy (non-hydrogen) atoms. The molecule has 0 aromatic carbocycles. The summed E-state index contributed by atoms with van der Waals surface area (Å²) in [6, 6.07) is 7.31. The molecule has 0 saturated carbocycles. The number of nitrogens with one attached hydrogen (secondary N) is 2. The van der Waals surface area contributed by atoms with Crippen LogP contribution in [0, 0.1) is 5.82 Å². The largest absolute Gasteiger partial charge is 0.362 e. The first-order valence-corrected chi connectivity index (χ1v) is 7.88. The van der Waals surface area contributed by atoms with Crippen LogP contribution in [-0.2, 0) is 6.54 Å². The van der Waals surface area contributed by atoms with Gasteiger partial charge in [0.15, 0.2) is 17.5 Å². The number of hydrogen-bond donors (Lipinski definition) is 2. The fourth-order valence-electron chi connectivity index (χ4n) is 2.46. The number of H-pyrrole nitrogens is 1. The Morgan fingerprint density at radius 3 is 2.92 bits per heavy atom. The highest BCUT2D eigenvalue weighted by Gasteiger charge is 2.13. The summed E-state index contributed by atoms with van der Waals surface area (Å²) in [6.45, 7) is 0.357. The standard InChI is InChI=1S/C17H12ClFN6/c18-10-5-12-13(8-23-15(12)21-6-10)16-24-9-14(19)17(25-16)22-7-11-3-1-2-4-20-11/h1-6,8-9H,7H2,(H,21,23)(H,22,24,25). The number of anilines is 1. The number of rotatable bonds is 4. The van der Waals surface area contributed by atoms with Crippen molar-refractivity contribution < 1.29 is 4.39 Å². The van der Waals surface area contributed by atoms with E-state index in [-0.39, 0.29) is 5.82 Å². The molecule has 4 heterocycles. The van der Waals surface area contributed by atoms with Gasteiger partial charge < -0.3 is 10.3 Å². The van der Waals surface area contributed by atoms with E-state index in [0.717, 1.165) is 17.3 Å². The quantitative estimate of drug-likeness (QED) is 0.582. The van der Waals surface area contributed by atoms with Gasteiger partial charge in [-0.3, -0.25) is 4.98 Å². The first kappa shape index (κ1) is 15.5. The number of nitrogens with zero attached hydrogens (tertiary/aromatic N) is 4. The summed E-state index contributed by atoms with van der Waals surface area (Å²) in [7, 11) is 0. The minimum atomic E-state index is -0.532. The fourth-order valence-corrected chi connectivity index (χ4v) is 2.62. The van der Waals surface area contributed by atoms with Gasteiger partial charge in [-0.15, -0.1) is 0 Å². The summed E-state index contributed by atoms with van der Waals surface area (Å²) in [6.07, 6.45) is 6.10. The smallest absolute Gasteiger partial charge is 0.183 e. The van der Waals surface area contributed by atoms with Crippen LogP contribution in [0.2, 0.25) is 5.02 Å². The zero-order valence-corrected chi connectivity index (χ0v) is 13.6. The van der Waals surface area contributed by atoms with Gasteiger partial charge in [-0.05, 0) is 18.2 Å². The molecule has 0 amide bonds. The van der Waals surface area contributed by atoms with Crippen LogP contribution in [-0.4, -0.2) is 24.9 Å². The van der Waals surface area contributed by atoms with Crippen molar-refractivity contribution in [2.75, 3.05) is 5.32 Å². The third-order valence-corrected chi connectivity index (χ3v) is 3.85. The van der Waals surface area contributed by atoms with Gasteiger partial charge in [0.2, 0.25) is 0 Å². The van der Waals surface area contributed by atoms with Gasteiger partial charge >= 0.3 is 0 Å². The summed E-state index contributed by atoms with van der Waals surface area (Å²) in [5.74, 6) is -0.0455. The van der Waals surface area contributed by atoms with Crippen molar-refractivity contribution in [1.82, 2.24) is 24.9 Å². The Labute approximate surface area is 147 Å². The number of hydrogen-bond acceptors (Lipinski definition) is 5. The Hall–Kier alpha value is -3.06. The maximum atomic E-state index is 14.0. The van der Waals surface area contributed by atoms with Crippen molar-refractivity contribution in [3.63, 3.8) is 0 Å². The van der Waals surface area contributed by atoms with E-state index in [1.54, 1.807) is 24.7 Å². The second-order valence-electron chi connectivity index (χ2n) is 5.32. The summed E-state index contributed by atoms with van der Waals surface area (Å²) in [5.41, 5.74) is 2.14. The van der Waals surface area contributed by atoms with Crippen molar-refractivity contribution in [3.05, 3.63) is 65.6 Å². The van der Waals surface area contributed by atoms with E-state index in [1.165, 1.54) is 0 Å². The second kappa shape index (κ2) is 6.45. The van der Waals surface area contributed by atoms with Gasteiger partial charge in [-0.25, -0.2) is 19.3 Å². The van der Waals surface area contributed by atoms with Crippen LogP contribution < -0.4 is 5.32 Å². The van der Waals surface area contributed by atoms with Crippen LogP contribution in [0.5, 0.6) is 0 Å². The SMILES string of the molecule is Fc1cnc(-c2c[nH]c3ncc(Cl)cc23)nc1NCc1ccccn1. The predicted octanol–water partition coefficient (Wildman–Crippen LogP) is 3.82. The first-order chi connectivity index (χ1) is 12.2. The van der Waals surface area contributed by atoms with Crippen LogP contribution >= 0.6 is 11.6 Å². The van der Waals surface area contributed by atoms with Gasteiger partial charge in [0, 0.05) is 29.5 Å². The molecule has 6 nitrogen and oxygen atoms in total. The molecule has 0 atom stereocenters. The number of aromatic amines is 1. The molecule has 2 N–H and O–H groups in total. The molecule has 8 heteroatoms. The lowest BCUT2D eigenvalue weighted by molar-refractivity contribution is 0.617. The molecule has 0 aliphatic rings. The molecule has 0 bridgehead atoms. The topological polar surface area (TPSA) is 79.4 Å². The molecule has 4 rings (SSSR count). The van der Waals surface area contributed by atoms with E-state index in [2.05, 4.69) is 30.2 Å². The molecule has 0 aliphatic heterocycles. The summed E-state index contributed by atoms with van der Waals surface area (Å²) in [5, 5.41) is 4.23. The zero-order chi connectivity index (χ0) is 17.2. The molecule has 0 unspecified atom stereocenters. The lowest BCUT2D eigenvalue weighted by atomic mass is 10.2. The Morgan fingerprint density at radius 1 is 1.16 bits per heavy atom. The minimum Gasteiger partial charge on any atom is -0.362 e. The Bertz CT molecular complexity index is 1030. The van der Waals surface area contributed by atoms with Crippen molar-refractivity contribution in [3.8, 4) is 11.4 Å². The molecular formula is C17H12ClFN6. The van der Waals surface area contributed by atoms with Crippen LogP contribution in [0.15, 0.2) is 49.1 Å². The van der Waals surface area contributed by atoms with E-state index in [0.29, 0.717) is 28.6 Å². The minimum absolute atomic E-state index is 0.111. The van der Waals surface area contributed by atoms with Gasteiger partial charge in [-0.1, -0.05) is 17.7 Å². The van der Waals surface area contributed by atoms with Crippen LogP contribution in [0.25, 0.3) is 22.4 Å². The second-order valence-corrected chi connectivity index (χ2v) is 5.75. The normalized spacial score (nSPS) is 11.0. The molecule has 0 saturated heterocycles. The van der Waals surface area contributed by atoms with E-state index in [4.69, 9.17) is 11.6 Å². The van der Waals surface area contributed by atoms with E-state index >= 15 is 0 Å². The molecule has 4 aromatic rings. The summed E-state index contributed by atoms with van der Waals surface area (Å²) >= 11 is 6.01. The van der Waals surface area contributed by atoms with Gasteiger partial charge in [-0.2, -0.15) is 0 Å². The summed E-state index contributed by atoms with van der Waals surface area (Å²) < 4.78 is 14.0. The highest BCUT2D eigenvalue weighted by atomic mass is 35.5. The van der Waals surface area contributed by atoms with Crippen molar-refractivity contribution >= 4 is 28.5 Å². The third-order valence-electron chi connectivity index (χ3n) is 3.65.